The minimum atomic E-state index is 0.215. The Morgan fingerprint density at radius 2 is 2.11 bits per heavy atom. The number of allylic oxidation sites excluding steroid dienone is 1. The number of thioether (sulfide) groups is 1. The summed E-state index contributed by atoms with van der Waals surface area (Å²) in [6.07, 6.45) is 4.12. The average Bonchev–Trinajstić information content (AvgIpc) is 2.99. The predicted molar refractivity (Wildman–Crippen MR) is 75.8 cm³/mol. The molecule has 6 heteroatoms. The molecule has 1 atom stereocenters. The summed E-state index contributed by atoms with van der Waals surface area (Å²) in [6.45, 7) is 2.01. The van der Waals surface area contributed by atoms with Crippen LogP contribution in [-0.4, -0.2) is 27.4 Å². The molecule has 0 saturated heterocycles. The molecule has 0 amide bonds. The molecule has 0 aliphatic carbocycles. The summed E-state index contributed by atoms with van der Waals surface area (Å²) < 4.78 is 7.08. The molecule has 1 aromatic carbocycles. The largest absolute Gasteiger partial charge is 0.497 e. The highest BCUT2D eigenvalue weighted by molar-refractivity contribution is 8.00. The van der Waals surface area contributed by atoms with Gasteiger partial charge in [0.05, 0.1) is 7.11 Å². The van der Waals surface area contributed by atoms with E-state index < -0.39 is 0 Å². The summed E-state index contributed by atoms with van der Waals surface area (Å²) in [5.74, 6) is 1.65. The van der Waals surface area contributed by atoms with Gasteiger partial charge in [-0.1, -0.05) is 23.9 Å². The summed E-state index contributed by atoms with van der Waals surface area (Å²) in [5.41, 5.74) is 4.36. The molecule has 0 spiro atoms. The lowest BCUT2D eigenvalue weighted by Gasteiger charge is -2.08. The molecule has 2 heterocycles. The van der Waals surface area contributed by atoms with Crippen LogP contribution in [0.3, 0.4) is 0 Å². The highest BCUT2D eigenvalue weighted by Gasteiger charge is 2.24. The summed E-state index contributed by atoms with van der Waals surface area (Å²) >= 11 is 1.65. The summed E-state index contributed by atoms with van der Waals surface area (Å²) in [4.78, 5) is 0. The van der Waals surface area contributed by atoms with Gasteiger partial charge >= 0.3 is 0 Å². The van der Waals surface area contributed by atoms with E-state index in [2.05, 4.69) is 21.7 Å². The number of hydrogen-bond donors (Lipinski definition) is 1. The highest BCUT2D eigenvalue weighted by Crippen LogP contribution is 2.32. The molecule has 98 valence electrons. The molecule has 2 aromatic rings. The van der Waals surface area contributed by atoms with Crippen molar-refractivity contribution in [1.82, 2.24) is 14.9 Å². The molecule has 1 aliphatic heterocycles. The first kappa shape index (κ1) is 12.1. The Morgan fingerprint density at radius 3 is 2.79 bits per heavy atom. The van der Waals surface area contributed by atoms with Crippen LogP contribution in [0.15, 0.2) is 41.6 Å². The quantitative estimate of drug-likeness (QED) is 0.872. The van der Waals surface area contributed by atoms with Crippen LogP contribution in [0.5, 0.6) is 5.75 Å². The van der Waals surface area contributed by atoms with Crippen LogP contribution in [0.1, 0.15) is 6.92 Å². The first-order valence-electron chi connectivity index (χ1n) is 5.97. The Bertz CT molecular complexity index is 606. The normalized spacial score (nSPS) is 17.5. The molecule has 3 rings (SSSR count). The number of hydrogen-bond acceptors (Lipinski definition) is 5. The van der Waals surface area contributed by atoms with E-state index in [1.807, 2.05) is 41.9 Å². The van der Waals surface area contributed by atoms with Gasteiger partial charge in [0.1, 0.15) is 11.1 Å². The van der Waals surface area contributed by atoms with E-state index in [4.69, 9.17) is 4.74 Å². The SMILES string of the molecule is C/C=C/C1Nn2c(nnc2-c2ccc(OC)cc2)S1. The van der Waals surface area contributed by atoms with Gasteiger partial charge in [-0.25, -0.2) is 4.68 Å². The van der Waals surface area contributed by atoms with E-state index in [1.54, 1.807) is 18.9 Å². The van der Waals surface area contributed by atoms with Crippen molar-refractivity contribution in [1.29, 1.82) is 0 Å². The van der Waals surface area contributed by atoms with Crippen molar-refractivity contribution in [3.63, 3.8) is 0 Å². The van der Waals surface area contributed by atoms with Gasteiger partial charge in [0.15, 0.2) is 5.82 Å². The van der Waals surface area contributed by atoms with Crippen molar-refractivity contribution in [2.24, 2.45) is 0 Å². The van der Waals surface area contributed by atoms with Crippen LogP contribution in [0.25, 0.3) is 11.4 Å². The maximum atomic E-state index is 5.16. The van der Waals surface area contributed by atoms with Crippen LogP contribution in [-0.2, 0) is 0 Å². The lowest BCUT2D eigenvalue weighted by atomic mass is 10.2. The average molecular weight is 274 g/mol. The van der Waals surface area contributed by atoms with Crippen molar-refractivity contribution in [3.8, 4) is 17.1 Å². The van der Waals surface area contributed by atoms with Gasteiger partial charge in [-0.15, -0.1) is 10.2 Å². The smallest absolute Gasteiger partial charge is 0.212 e. The van der Waals surface area contributed by atoms with Crippen molar-refractivity contribution in [2.45, 2.75) is 17.5 Å². The summed E-state index contributed by atoms with van der Waals surface area (Å²) in [7, 11) is 1.66. The number of rotatable bonds is 3. The van der Waals surface area contributed by atoms with E-state index in [0.29, 0.717) is 0 Å². The van der Waals surface area contributed by atoms with E-state index >= 15 is 0 Å². The van der Waals surface area contributed by atoms with Crippen molar-refractivity contribution < 1.29 is 4.74 Å². The minimum absolute atomic E-state index is 0.215. The topological polar surface area (TPSA) is 52.0 Å². The van der Waals surface area contributed by atoms with E-state index in [1.165, 1.54) is 0 Å². The molecule has 1 aromatic heterocycles. The van der Waals surface area contributed by atoms with Gasteiger partial charge in [0, 0.05) is 5.56 Å². The van der Waals surface area contributed by atoms with E-state index in [-0.39, 0.29) is 5.37 Å². The Labute approximate surface area is 115 Å². The van der Waals surface area contributed by atoms with E-state index in [0.717, 1.165) is 22.3 Å². The van der Waals surface area contributed by atoms with Gasteiger partial charge < -0.3 is 10.2 Å². The van der Waals surface area contributed by atoms with Gasteiger partial charge in [0.25, 0.3) is 0 Å². The van der Waals surface area contributed by atoms with Crippen LogP contribution in [0, 0.1) is 0 Å². The first-order chi connectivity index (χ1) is 9.31. The van der Waals surface area contributed by atoms with E-state index in [9.17, 15) is 0 Å². The molecule has 19 heavy (non-hydrogen) atoms. The monoisotopic (exact) mass is 274 g/mol. The third-order valence-corrected chi connectivity index (χ3v) is 3.83. The molecule has 1 N–H and O–H groups in total. The van der Waals surface area contributed by atoms with Gasteiger partial charge in [-0.2, -0.15) is 0 Å². The molecule has 0 bridgehead atoms. The molecule has 1 aliphatic rings. The van der Waals surface area contributed by atoms with Crippen LogP contribution in [0.4, 0.5) is 0 Å². The Morgan fingerprint density at radius 1 is 1.32 bits per heavy atom. The summed E-state index contributed by atoms with van der Waals surface area (Å²) in [6, 6.07) is 7.79. The highest BCUT2D eigenvalue weighted by atomic mass is 32.2. The second-order valence-electron chi connectivity index (χ2n) is 4.06. The molecular formula is C13H14N4OS. The fourth-order valence-electron chi connectivity index (χ4n) is 1.91. The number of nitrogens with one attached hydrogen (secondary N) is 1. The van der Waals surface area contributed by atoms with Gasteiger partial charge in [-0.05, 0) is 31.2 Å². The standard InChI is InChI=1S/C13H14N4OS/c1-3-4-11-16-17-12(14-15-13(17)19-11)9-5-7-10(18-2)8-6-9/h3-8,11,16H,1-2H3/b4-3+. The zero-order chi connectivity index (χ0) is 13.2. The summed E-state index contributed by atoms with van der Waals surface area (Å²) in [5, 5.41) is 9.52. The first-order valence-corrected chi connectivity index (χ1v) is 6.85. The number of benzene rings is 1. The van der Waals surface area contributed by atoms with Crippen LogP contribution < -0.4 is 10.2 Å². The van der Waals surface area contributed by atoms with Crippen molar-refractivity contribution in [3.05, 3.63) is 36.4 Å². The second kappa shape index (κ2) is 4.97. The molecular weight excluding hydrogens is 260 g/mol. The lowest BCUT2D eigenvalue weighted by molar-refractivity contribution is 0.415. The van der Waals surface area contributed by atoms with Crippen LogP contribution >= 0.6 is 11.8 Å². The number of methoxy groups -OCH3 is 1. The fourth-order valence-corrected chi connectivity index (χ4v) is 2.87. The number of ether oxygens (including phenoxy) is 1. The maximum Gasteiger partial charge on any atom is 0.212 e. The minimum Gasteiger partial charge on any atom is -0.497 e. The number of aromatic nitrogens is 3. The molecule has 1 unspecified atom stereocenters. The third kappa shape index (κ3) is 2.19. The zero-order valence-corrected chi connectivity index (χ0v) is 11.5. The maximum absolute atomic E-state index is 5.16. The molecule has 5 nitrogen and oxygen atoms in total. The third-order valence-electron chi connectivity index (χ3n) is 2.84. The molecule has 0 radical (unpaired) electrons. The second-order valence-corrected chi connectivity index (χ2v) is 5.17. The van der Waals surface area contributed by atoms with Crippen LogP contribution in [0.2, 0.25) is 0 Å². The Hall–Kier alpha value is -1.95. The van der Waals surface area contributed by atoms with Crippen molar-refractivity contribution >= 4 is 11.8 Å². The molecule has 0 fully saturated rings. The molecule has 0 saturated carbocycles. The lowest BCUT2D eigenvalue weighted by Crippen LogP contribution is -2.17. The van der Waals surface area contributed by atoms with Gasteiger partial charge in [-0.3, -0.25) is 0 Å². The fraction of sp³-hybridized carbons (Fsp3) is 0.231. The number of nitrogens with zero attached hydrogens (tertiary/aromatic N) is 3. The number of fused-ring (bicyclic) bond motifs is 1. The van der Waals surface area contributed by atoms with Crippen molar-refractivity contribution in [2.75, 3.05) is 12.5 Å². The Balaban J connectivity index is 1.91. The Kier molecular flexibility index (Phi) is 3.16. The van der Waals surface area contributed by atoms with Gasteiger partial charge in [0.2, 0.25) is 5.16 Å². The zero-order valence-electron chi connectivity index (χ0n) is 10.7. The predicted octanol–water partition coefficient (Wildman–Crippen LogP) is 2.51.